The maximum absolute atomic E-state index is 10.6. The van der Waals surface area contributed by atoms with Crippen molar-refractivity contribution in [1.82, 2.24) is 0 Å². The average molecular weight is 353 g/mol. The second kappa shape index (κ2) is 5.89. The van der Waals surface area contributed by atoms with E-state index in [0.29, 0.717) is 17.7 Å². The molecule has 9 heteroatoms. The highest BCUT2D eigenvalue weighted by Gasteiger charge is 2.37. The normalized spacial score (nSPS) is 19.6. The largest absolute Gasteiger partial charge is 0.277 e. The summed E-state index contributed by atoms with van der Waals surface area (Å²) >= 11 is 18.7. The minimum atomic E-state index is -1.50. The van der Waals surface area contributed by atoms with E-state index >= 15 is 0 Å². The number of hydrogen-bond donors (Lipinski definition) is 1. The number of alkyl halides is 3. The van der Waals surface area contributed by atoms with Crippen LogP contribution in [0.1, 0.15) is 12.0 Å². The second-order valence-corrected chi connectivity index (χ2v) is 7.58. The van der Waals surface area contributed by atoms with Gasteiger partial charge >= 0.3 is 0 Å². The molecule has 1 aromatic carbocycles. The van der Waals surface area contributed by atoms with Gasteiger partial charge in [-0.25, -0.2) is 4.99 Å². The molecule has 0 radical (unpaired) electrons. The maximum atomic E-state index is 10.6. The molecule has 2 rings (SSSR count). The molecule has 1 N–H and O–H groups in total. The van der Waals surface area contributed by atoms with Crippen LogP contribution in [0.4, 0.5) is 5.69 Å². The summed E-state index contributed by atoms with van der Waals surface area (Å²) in [5, 5.41) is 17.9. The van der Waals surface area contributed by atoms with Crippen LogP contribution >= 0.6 is 46.6 Å². The van der Waals surface area contributed by atoms with Crippen LogP contribution in [0.3, 0.4) is 0 Å². The smallest absolute Gasteiger partial charge is 0.269 e. The lowest BCUT2D eigenvalue weighted by atomic mass is 10.1. The van der Waals surface area contributed by atoms with E-state index in [1.165, 1.54) is 12.1 Å². The molecular formula is C11H8Cl3N3O2S. The van der Waals surface area contributed by atoms with Crippen molar-refractivity contribution in [3.05, 3.63) is 39.9 Å². The predicted molar refractivity (Wildman–Crippen MR) is 83.6 cm³/mol. The molecule has 0 saturated carbocycles. The van der Waals surface area contributed by atoms with E-state index in [1.807, 2.05) is 0 Å². The van der Waals surface area contributed by atoms with Gasteiger partial charge in [-0.2, -0.15) is 0 Å². The molecule has 1 aliphatic rings. The zero-order valence-corrected chi connectivity index (χ0v) is 12.9. The summed E-state index contributed by atoms with van der Waals surface area (Å²) in [6.45, 7) is 0. The van der Waals surface area contributed by atoms with Crippen molar-refractivity contribution in [2.45, 2.75) is 15.5 Å². The summed E-state index contributed by atoms with van der Waals surface area (Å²) in [5.74, 6) is 0. The van der Waals surface area contributed by atoms with E-state index in [0.717, 1.165) is 11.8 Å². The Hall–Kier alpha value is -0.820. The molecule has 0 bridgehead atoms. The van der Waals surface area contributed by atoms with E-state index in [-0.39, 0.29) is 10.9 Å². The average Bonchev–Trinajstić information content (AvgIpc) is 2.37. The Labute approximate surface area is 134 Å². The van der Waals surface area contributed by atoms with Gasteiger partial charge < -0.3 is 0 Å². The summed E-state index contributed by atoms with van der Waals surface area (Å²) in [4.78, 5) is 14.2. The third-order valence-corrected chi connectivity index (χ3v) is 4.94. The van der Waals surface area contributed by atoms with Crippen molar-refractivity contribution in [2.24, 2.45) is 4.99 Å². The summed E-state index contributed by atoms with van der Waals surface area (Å²) in [6.07, 6.45) is 0.376. The molecule has 0 fully saturated rings. The molecule has 0 saturated heterocycles. The minimum Gasteiger partial charge on any atom is -0.277 e. The lowest BCUT2D eigenvalue weighted by Crippen LogP contribution is -2.30. The number of thioether (sulfide) groups is 1. The Kier molecular flexibility index (Phi) is 4.59. The number of aliphatic imine (C=N–C) groups is 1. The van der Waals surface area contributed by atoms with Crippen LogP contribution in [0.5, 0.6) is 0 Å². The molecule has 0 amide bonds. The van der Waals surface area contributed by atoms with E-state index in [9.17, 15) is 10.1 Å². The molecule has 1 atom stereocenters. The molecule has 1 aromatic rings. The van der Waals surface area contributed by atoms with Crippen molar-refractivity contribution >= 4 is 63.1 Å². The van der Waals surface area contributed by atoms with Gasteiger partial charge in [0.15, 0.2) is 5.17 Å². The highest BCUT2D eigenvalue weighted by molar-refractivity contribution is 8.14. The maximum Gasteiger partial charge on any atom is 0.269 e. The monoisotopic (exact) mass is 351 g/mol. The fourth-order valence-electron chi connectivity index (χ4n) is 1.69. The standard InChI is InChI=1S/C11H8Cl3N3O2S/c12-11(13,14)9-5-8(16-10(15)20-9)6-1-3-7(4-2-6)17(18)19/h1-4,9,15H,5H2/t9-/m1/s1. The first-order valence-electron chi connectivity index (χ1n) is 5.41. The van der Waals surface area contributed by atoms with Gasteiger partial charge in [-0.1, -0.05) is 46.6 Å². The van der Waals surface area contributed by atoms with Gasteiger partial charge in [0.25, 0.3) is 5.69 Å². The summed E-state index contributed by atoms with van der Waals surface area (Å²) in [7, 11) is 0. The lowest BCUT2D eigenvalue weighted by molar-refractivity contribution is -0.384. The van der Waals surface area contributed by atoms with Crippen LogP contribution < -0.4 is 0 Å². The van der Waals surface area contributed by atoms with Crippen LogP contribution in [0.15, 0.2) is 29.3 Å². The zero-order chi connectivity index (χ0) is 14.9. The summed E-state index contributed by atoms with van der Waals surface area (Å²) in [6, 6.07) is 5.92. The Morgan fingerprint density at radius 3 is 2.45 bits per heavy atom. The fourth-order valence-corrected chi connectivity index (χ4v) is 3.13. The number of halogens is 3. The number of amidine groups is 1. The second-order valence-electron chi connectivity index (χ2n) is 4.02. The number of nitrogens with zero attached hydrogens (tertiary/aromatic N) is 2. The first-order valence-corrected chi connectivity index (χ1v) is 7.43. The molecule has 1 aliphatic heterocycles. The highest BCUT2D eigenvalue weighted by Crippen LogP contribution is 2.42. The first-order chi connectivity index (χ1) is 9.27. The van der Waals surface area contributed by atoms with Gasteiger partial charge in [-0.15, -0.1) is 0 Å². The van der Waals surface area contributed by atoms with Gasteiger partial charge in [-0.05, 0) is 17.7 Å². The molecule has 0 unspecified atom stereocenters. The topological polar surface area (TPSA) is 79.3 Å². The minimum absolute atomic E-state index is 0.00691. The van der Waals surface area contributed by atoms with E-state index < -0.39 is 14.0 Å². The highest BCUT2D eigenvalue weighted by atomic mass is 35.6. The third-order valence-electron chi connectivity index (χ3n) is 2.65. The molecule has 0 spiro atoms. The SMILES string of the molecule is N=C1N=C(c2ccc([N+](=O)[O-])cc2)C[C@H](C(Cl)(Cl)Cl)S1. The van der Waals surface area contributed by atoms with Gasteiger partial charge in [0.1, 0.15) is 0 Å². The Balaban J connectivity index is 2.27. The van der Waals surface area contributed by atoms with Crippen LogP contribution in [-0.4, -0.2) is 24.8 Å². The van der Waals surface area contributed by atoms with Crippen LogP contribution in [0, 0.1) is 15.5 Å². The van der Waals surface area contributed by atoms with Crippen molar-refractivity contribution in [2.75, 3.05) is 0 Å². The summed E-state index contributed by atoms with van der Waals surface area (Å²) < 4.78 is -1.50. The number of nitro groups is 1. The Bertz CT molecular complexity index is 584. The lowest BCUT2D eigenvalue weighted by Gasteiger charge is -2.27. The van der Waals surface area contributed by atoms with Gasteiger partial charge in [0.05, 0.1) is 15.9 Å². The number of nitro benzene ring substituents is 1. The van der Waals surface area contributed by atoms with Gasteiger partial charge in [-0.3, -0.25) is 15.5 Å². The fraction of sp³-hybridized carbons (Fsp3) is 0.273. The van der Waals surface area contributed by atoms with Crippen molar-refractivity contribution in [3.8, 4) is 0 Å². The Morgan fingerprint density at radius 1 is 1.35 bits per heavy atom. The molecule has 5 nitrogen and oxygen atoms in total. The predicted octanol–water partition coefficient (Wildman–Crippen LogP) is 4.19. The van der Waals surface area contributed by atoms with Crippen LogP contribution in [0.25, 0.3) is 0 Å². The number of benzene rings is 1. The van der Waals surface area contributed by atoms with Gasteiger partial charge in [0.2, 0.25) is 3.79 Å². The molecule has 1 heterocycles. The molecule has 20 heavy (non-hydrogen) atoms. The molecule has 0 aliphatic carbocycles. The van der Waals surface area contributed by atoms with Crippen molar-refractivity contribution in [1.29, 1.82) is 5.41 Å². The summed E-state index contributed by atoms with van der Waals surface area (Å²) in [5.41, 5.74) is 1.26. The number of rotatable bonds is 2. The quantitative estimate of drug-likeness (QED) is 0.492. The molecular weight excluding hydrogens is 345 g/mol. The van der Waals surface area contributed by atoms with Crippen molar-refractivity contribution in [3.63, 3.8) is 0 Å². The number of hydrogen-bond acceptors (Lipinski definition) is 4. The van der Waals surface area contributed by atoms with E-state index in [1.54, 1.807) is 12.1 Å². The third kappa shape index (κ3) is 3.63. The van der Waals surface area contributed by atoms with Gasteiger partial charge in [0, 0.05) is 18.6 Å². The molecule has 106 valence electrons. The van der Waals surface area contributed by atoms with Crippen LogP contribution in [-0.2, 0) is 0 Å². The van der Waals surface area contributed by atoms with Crippen molar-refractivity contribution < 1.29 is 4.92 Å². The Morgan fingerprint density at radius 2 is 1.95 bits per heavy atom. The van der Waals surface area contributed by atoms with E-state index in [4.69, 9.17) is 40.2 Å². The zero-order valence-electron chi connectivity index (χ0n) is 9.85. The number of nitrogens with one attached hydrogen (secondary N) is 1. The number of non-ortho nitro benzene ring substituents is 1. The first kappa shape index (κ1) is 15.6. The van der Waals surface area contributed by atoms with E-state index in [2.05, 4.69) is 4.99 Å². The van der Waals surface area contributed by atoms with Crippen LogP contribution in [0.2, 0.25) is 0 Å². The molecule has 0 aromatic heterocycles.